The lowest BCUT2D eigenvalue weighted by Crippen LogP contribution is -2.35. The molecule has 0 aliphatic rings. The van der Waals surface area contributed by atoms with Crippen LogP contribution < -0.4 is 10.6 Å². The Balaban J connectivity index is 1.77. The molecule has 0 saturated heterocycles. The van der Waals surface area contributed by atoms with Crippen molar-refractivity contribution < 1.29 is 17.6 Å². The summed E-state index contributed by atoms with van der Waals surface area (Å²) in [6.45, 7) is 0.180. The zero-order valence-corrected chi connectivity index (χ0v) is 13.0. The first-order chi connectivity index (χ1) is 11.0. The van der Waals surface area contributed by atoms with E-state index in [1.165, 1.54) is 12.1 Å². The van der Waals surface area contributed by atoms with Gasteiger partial charge >= 0.3 is 0 Å². The van der Waals surface area contributed by atoms with E-state index in [0.29, 0.717) is 6.54 Å². The second kappa shape index (κ2) is 7.80. The number of aromatic nitrogens is 1. The van der Waals surface area contributed by atoms with E-state index < -0.39 is 21.5 Å². The van der Waals surface area contributed by atoms with E-state index in [0.717, 1.165) is 17.7 Å². The molecule has 2 N–H and O–H groups in total. The molecule has 0 aliphatic heterocycles. The summed E-state index contributed by atoms with van der Waals surface area (Å²) < 4.78 is 36.7. The highest BCUT2D eigenvalue weighted by Gasteiger charge is 2.14. The number of nitrogens with zero attached hydrogens (tertiary/aromatic N) is 1. The Labute approximate surface area is 133 Å². The molecule has 0 aliphatic carbocycles. The van der Waals surface area contributed by atoms with Crippen LogP contribution in [0.25, 0.3) is 0 Å². The molecule has 6 nitrogen and oxygen atoms in total. The van der Waals surface area contributed by atoms with Gasteiger partial charge in [-0.3, -0.25) is 15.1 Å². The predicted octanol–water partition coefficient (Wildman–Crippen LogP) is 0.858. The van der Waals surface area contributed by atoms with Crippen molar-refractivity contribution in [2.24, 2.45) is 0 Å². The Morgan fingerprint density at radius 1 is 1.17 bits per heavy atom. The SMILES string of the molecule is O=C(CNCS(=O)(=O)c1ccc(F)cc1)NCc1cccnc1. The van der Waals surface area contributed by atoms with Gasteiger partial charge in [-0.05, 0) is 35.9 Å². The van der Waals surface area contributed by atoms with Gasteiger partial charge < -0.3 is 5.32 Å². The molecule has 0 unspecified atom stereocenters. The van der Waals surface area contributed by atoms with E-state index in [4.69, 9.17) is 0 Å². The quantitative estimate of drug-likeness (QED) is 0.732. The average molecular weight is 337 g/mol. The molecule has 0 saturated carbocycles. The molecule has 0 spiro atoms. The number of halogens is 1. The maximum absolute atomic E-state index is 12.8. The summed E-state index contributed by atoms with van der Waals surface area (Å²) in [4.78, 5) is 15.6. The molecule has 0 radical (unpaired) electrons. The Kier molecular flexibility index (Phi) is 5.78. The number of amides is 1. The summed E-state index contributed by atoms with van der Waals surface area (Å²) in [5.41, 5.74) is 0.847. The van der Waals surface area contributed by atoms with Crippen LogP contribution in [-0.2, 0) is 21.2 Å². The molecule has 1 aromatic carbocycles. The summed E-state index contributed by atoms with van der Waals surface area (Å²) in [7, 11) is -3.61. The smallest absolute Gasteiger partial charge is 0.234 e. The van der Waals surface area contributed by atoms with Gasteiger partial charge in [-0.1, -0.05) is 6.07 Å². The maximum Gasteiger partial charge on any atom is 0.234 e. The molecule has 122 valence electrons. The molecular formula is C15H16FN3O3S. The minimum Gasteiger partial charge on any atom is -0.351 e. The van der Waals surface area contributed by atoms with E-state index in [9.17, 15) is 17.6 Å². The number of pyridine rings is 1. The predicted molar refractivity (Wildman–Crippen MR) is 82.5 cm³/mol. The molecule has 1 aromatic heterocycles. The number of hydrogen-bond donors (Lipinski definition) is 2. The number of sulfone groups is 1. The number of carbonyl (C=O) groups excluding carboxylic acids is 1. The van der Waals surface area contributed by atoms with Gasteiger partial charge in [0.2, 0.25) is 5.91 Å². The van der Waals surface area contributed by atoms with Crippen molar-refractivity contribution in [1.29, 1.82) is 0 Å². The van der Waals surface area contributed by atoms with Crippen LogP contribution in [0.4, 0.5) is 4.39 Å². The first-order valence-corrected chi connectivity index (χ1v) is 8.47. The largest absolute Gasteiger partial charge is 0.351 e. The van der Waals surface area contributed by atoms with Gasteiger partial charge in [-0.25, -0.2) is 12.8 Å². The zero-order valence-electron chi connectivity index (χ0n) is 12.2. The third-order valence-electron chi connectivity index (χ3n) is 2.96. The Bertz CT molecular complexity index is 749. The van der Waals surface area contributed by atoms with E-state index in [-0.39, 0.29) is 17.3 Å². The molecule has 8 heteroatoms. The van der Waals surface area contributed by atoms with Crippen LogP contribution in [0.1, 0.15) is 5.56 Å². The van der Waals surface area contributed by atoms with E-state index >= 15 is 0 Å². The molecule has 1 heterocycles. The molecule has 0 bridgehead atoms. The van der Waals surface area contributed by atoms with Crippen molar-refractivity contribution in [2.45, 2.75) is 11.4 Å². The molecule has 2 aromatic rings. The van der Waals surface area contributed by atoms with Crippen molar-refractivity contribution in [3.63, 3.8) is 0 Å². The molecular weight excluding hydrogens is 321 g/mol. The van der Waals surface area contributed by atoms with Crippen LogP contribution >= 0.6 is 0 Å². The lowest BCUT2D eigenvalue weighted by atomic mass is 10.3. The lowest BCUT2D eigenvalue weighted by molar-refractivity contribution is -0.120. The second-order valence-electron chi connectivity index (χ2n) is 4.78. The van der Waals surface area contributed by atoms with Crippen LogP contribution in [0.2, 0.25) is 0 Å². The Morgan fingerprint density at radius 2 is 1.91 bits per heavy atom. The van der Waals surface area contributed by atoms with E-state index in [1.807, 2.05) is 6.07 Å². The van der Waals surface area contributed by atoms with Gasteiger partial charge in [-0.2, -0.15) is 0 Å². The third-order valence-corrected chi connectivity index (χ3v) is 4.54. The zero-order chi connectivity index (χ0) is 16.7. The normalized spacial score (nSPS) is 11.2. The molecule has 23 heavy (non-hydrogen) atoms. The Morgan fingerprint density at radius 3 is 2.57 bits per heavy atom. The summed E-state index contributed by atoms with van der Waals surface area (Å²) in [6, 6.07) is 8.11. The van der Waals surface area contributed by atoms with Crippen LogP contribution in [-0.4, -0.2) is 31.7 Å². The maximum atomic E-state index is 12.8. The summed E-state index contributed by atoms with van der Waals surface area (Å²) in [5.74, 6) is -1.24. The molecule has 2 rings (SSSR count). The first-order valence-electron chi connectivity index (χ1n) is 6.82. The van der Waals surface area contributed by atoms with Gasteiger partial charge in [-0.15, -0.1) is 0 Å². The van der Waals surface area contributed by atoms with Gasteiger partial charge in [0.25, 0.3) is 0 Å². The summed E-state index contributed by atoms with van der Waals surface area (Å²) in [6.07, 6.45) is 3.26. The number of nitrogens with one attached hydrogen (secondary N) is 2. The van der Waals surface area contributed by atoms with Crippen molar-refractivity contribution in [3.8, 4) is 0 Å². The fraction of sp³-hybridized carbons (Fsp3) is 0.200. The minimum atomic E-state index is -3.61. The van der Waals surface area contributed by atoms with Crippen LogP contribution in [0, 0.1) is 5.82 Å². The fourth-order valence-electron chi connectivity index (χ4n) is 1.79. The monoisotopic (exact) mass is 337 g/mol. The van der Waals surface area contributed by atoms with Crippen molar-refractivity contribution >= 4 is 15.7 Å². The van der Waals surface area contributed by atoms with Gasteiger partial charge in [0.15, 0.2) is 9.84 Å². The minimum absolute atomic E-state index is 0.00201. The van der Waals surface area contributed by atoms with Gasteiger partial charge in [0.1, 0.15) is 11.7 Å². The summed E-state index contributed by atoms with van der Waals surface area (Å²) >= 11 is 0. The fourth-order valence-corrected chi connectivity index (χ4v) is 2.88. The number of rotatable bonds is 7. The molecule has 0 atom stereocenters. The van der Waals surface area contributed by atoms with E-state index in [1.54, 1.807) is 18.5 Å². The number of hydrogen-bond acceptors (Lipinski definition) is 5. The Hall–Kier alpha value is -2.32. The standard InChI is InChI=1S/C15H16FN3O3S/c16-13-3-5-14(6-4-13)23(21,22)11-18-10-15(20)19-9-12-2-1-7-17-8-12/h1-8,18H,9-11H2,(H,19,20). The van der Waals surface area contributed by atoms with Gasteiger partial charge in [0.05, 0.1) is 11.4 Å². The first kappa shape index (κ1) is 17.0. The number of carbonyl (C=O) groups is 1. The highest BCUT2D eigenvalue weighted by molar-refractivity contribution is 7.91. The number of benzene rings is 1. The molecule has 1 amide bonds. The van der Waals surface area contributed by atoms with Crippen LogP contribution in [0.3, 0.4) is 0 Å². The highest BCUT2D eigenvalue weighted by atomic mass is 32.2. The summed E-state index contributed by atoms with van der Waals surface area (Å²) in [5, 5.41) is 5.21. The third kappa shape index (κ3) is 5.42. The van der Waals surface area contributed by atoms with Crippen molar-refractivity contribution in [3.05, 3.63) is 60.2 Å². The van der Waals surface area contributed by atoms with Gasteiger partial charge in [0, 0.05) is 18.9 Å². The average Bonchev–Trinajstić information content (AvgIpc) is 2.54. The van der Waals surface area contributed by atoms with Crippen LogP contribution in [0.5, 0.6) is 0 Å². The van der Waals surface area contributed by atoms with Crippen molar-refractivity contribution in [2.75, 3.05) is 12.4 Å². The topological polar surface area (TPSA) is 88.2 Å². The van der Waals surface area contributed by atoms with E-state index in [2.05, 4.69) is 15.6 Å². The second-order valence-corrected chi connectivity index (χ2v) is 6.77. The van der Waals surface area contributed by atoms with Crippen LogP contribution in [0.15, 0.2) is 53.7 Å². The van der Waals surface area contributed by atoms with Crippen molar-refractivity contribution in [1.82, 2.24) is 15.6 Å². The lowest BCUT2D eigenvalue weighted by Gasteiger charge is -2.08. The molecule has 0 fully saturated rings. The highest BCUT2D eigenvalue weighted by Crippen LogP contribution is 2.10.